The fraction of sp³-hybridized carbons (Fsp3) is 0. The fourth-order valence-corrected chi connectivity index (χ4v) is 7.23. The third-order valence-electron chi connectivity index (χ3n) is 8.95. The van der Waals surface area contributed by atoms with Crippen LogP contribution < -0.4 is 0 Å². The Bertz CT molecular complexity index is 2680. The molecule has 0 spiro atoms. The van der Waals surface area contributed by atoms with Crippen molar-refractivity contribution >= 4 is 76.4 Å². The van der Waals surface area contributed by atoms with Crippen LogP contribution in [-0.4, -0.2) is 0 Å². The first-order valence-electron chi connectivity index (χ1n) is 14.5. The van der Waals surface area contributed by atoms with E-state index in [1.54, 1.807) is 6.26 Å². The third-order valence-corrected chi connectivity index (χ3v) is 8.95. The summed E-state index contributed by atoms with van der Waals surface area (Å²) in [4.78, 5) is 0. The van der Waals surface area contributed by atoms with E-state index < -0.39 is 0 Å². The van der Waals surface area contributed by atoms with Crippen molar-refractivity contribution in [2.75, 3.05) is 0 Å². The Hall–Kier alpha value is -5.80. The molecule has 0 unspecified atom stereocenters. The van der Waals surface area contributed by atoms with Crippen molar-refractivity contribution in [2.24, 2.45) is 0 Å². The number of benzene rings is 7. The summed E-state index contributed by atoms with van der Waals surface area (Å²) in [5, 5.41) is 10.2. The molecule has 0 saturated heterocycles. The van der Waals surface area contributed by atoms with Gasteiger partial charge in [-0.25, -0.2) is 0 Å². The lowest BCUT2D eigenvalue weighted by Gasteiger charge is -2.18. The smallest absolute Gasteiger partial charge is 0.142 e. The predicted octanol–water partition coefficient (Wildman–Crippen LogP) is 11.9. The van der Waals surface area contributed by atoms with Gasteiger partial charge in [0, 0.05) is 38.1 Å². The van der Waals surface area contributed by atoms with Gasteiger partial charge in [0.15, 0.2) is 0 Å². The normalized spacial score (nSPS) is 12.2. The summed E-state index contributed by atoms with van der Waals surface area (Å²) < 4.78 is 19.0. The van der Waals surface area contributed by atoms with Crippen LogP contribution in [0.5, 0.6) is 0 Å². The zero-order chi connectivity index (χ0) is 28.1. The lowest BCUT2D eigenvalue weighted by molar-refractivity contribution is 0.616. The number of hydrogen-bond acceptors (Lipinski definition) is 3. The minimum atomic E-state index is 0.858. The van der Waals surface area contributed by atoms with Crippen LogP contribution >= 0.6 is 0 Å². The SMILES string of the molecule is c1ccc2c(c1)oc1cccc(-c3c4ccccc4c(-c4cc5oc6ccccc6c5c5ccoc45)c4ccccc34)c12. The van der Waals surface area contributed by atoms with Crippen LogP contribution in [0.4, 0.5) is 0 Å². The summed E-state index contributed by atoms with van der Waals surface area (Å²) in [6.45, 7) is 0. The molecule has 3 nitrogen and oxygen atoms in total. The molecule has 3 aromatic heterocycles. The van der Waals surface area contributed by atoms with Gasteiger partial charge in [-0.15, -0.1) is 0 Å². The Balaban J connectivity index is 1.39. The molecule has 43 heavy (non-hydrogen) atoms. The lowest BCUT2D eigenvalue weighted by atomic mass is 9.84. The van der Waals surface area contributed by atoms with Gasteiger partial charge in [-0.1, -0.05) is 97.1 Å². The maximum absolute atomic E-state index is 6.44. The van der Waals surface area contributed by atoms with Crippen LogP contribution in [0.3, 0.4) is 0 Å². The maximum Gasteiger partial charge on any atom is 0.142 e. The summed E-state index contributed by atoms with van der Waals surface area (Å²) in [5.74, 6) is 0. The second-order valence-electron chi connectivity index (χ2n) is 11.2. The number of para-hydroxylation sites is 2. The van der Waals surface area contributed by atoms with E-state index >= 15 is 0 Å². The number of fused-ring (bicyclic) bond motifs is 10. The molecule has 0 radical (unpaired) electrons. The summed E-state index contributed by atoms with van der Waals surface area (Å²) in [6, 6.07) is 44.6. The molecule has 0 saturated carbocycles. The van der Waals surface area contributed by atoms with E-state index in [1.165, 1.54) is 16.3 Å². The van der Waals surface area contributed by atoms with Gasteiger partial charge in [-0.05, 0) is 63.0 Å². The average molecular weight is 551 g/mol. The van der Waals surface area contributed by atoms with Crippen LogP contribution in [0.25, 0.3) is 98.6 Å². The minimum absolute atomic E-state index is 0.858. The highest BCUT2D eigenvalue weighted by molar-refractivity contribution is 6.29. The minimum Gasteiger partial charge on any atom is -0.464 e. The molecule has 0 fully saturated rings. The second-order valence-corrected chi connectivity index (χ2v) is 11.2. The molecule has 0 aliphatic rings. The fourth-order valence-electron chi connectivity index (χ4n) is 7.23. The highest BCUT2D eigenvalue weighted by Gasteiger charge is 2.23. The number of hydrogen-bond donors (Lipinski definition) is 0. The largest absolute Gasteiger partial charge is 0.464 e. The monoisotopic (exact) mass is 550 g/mol. The number of furan rings is 3. The van der Waals surface area contributed by atoms with Crippen LogP contribution in [0.2, 0.25) is 0 Å². The van der Waals surface area contributed by atoms with Crippen molar-refractivity contribution in [3.63, 3.8) is 0 Å². The van der Waals surface area contributed by atoms with E-state index in [4.69, 9.17) is 13.3 Å². The Labute approximate surface area is 245 Å². The van der Waals surface area contributed by atoms with Crippen molar-refractivity contribution in [3.05, 3.63) is 134 Å². The van der Waals surface area contributed by atoms with Gasteiger partial charge in [-0.3, -0.25) is 0 Å². The van der Waals surface area contributed by atoms with E-state index in [0.29, 0.717) is 0 Å². The van der Waals surface area contributed by atoms with Gasteiger partial charge in [0.25, 0.3) is 0 Å². The van der Waals surface area contributed by atoms with E-state index in [0.717, 1.165) is 82.3 Å². The lowest BCUT2D eigenvalue weighted by Crippen LogP contribution is -1.91. The molecule has 0 atom stereocenters. The summed E-state index contributed by atoms with van der Waals surface area (Å²) in [6.07, 6.45) is 1.79. The highest BCUT2D eigenvalue weighted by atomic mass is 16.3. The Morgan fingerprint density at radius 2 is 0.860 bits per heavy atom. The molecule has 200 valence electrons. The van der Waals surface area contributed by atoms with E-state index in [2.05, 4.69) is 103 Å². The molecule has 0 N–H and O–H groups in total. The van der Waals surface area contributed by atoms with Crippen LogP contribution in [0.15, 0.2) is 147 Å². The van der Waals surface area contributed by atoms with Crippen molar-refractivity contribution in [1.82, 2.24) is 0 Å². The van der Waals surface area contributed by atoms with Gasteiger partial charge < -0.3 is 13.3 Å². The standard InChI is InChI=1S/C40H22O3/c1-3-12-25-23(10-1)36(29-16-9-19-34-38(29)27-14-5-7-17-32(27)42-34)24-11-2-4-13-26(24)37(25)31-22-35-39(30-20-21-41-40(30)31)28-15-6-8-18-33(28)43-35/h1-22H. The van der Waals surface area contributed by atoms with Gasteiger partial charge in [0.2, 0.25) is 0 Å². The molecular formula is C40H22O3. The van der Waals surface area contributed by atoms with Gasteiger partial charge in [0.05, 0.1) is 6.26 Å². The topological polar surface area (TPSA) is 39.4 Å². The van der Waals surface area contributed by atoms with Crippen molar-refractivity contribution in [3.8, 4) is 22.3 Å². The Morgan fingerprint density at radius 1 is 0.349 bits per heavy atom. The molecule has 3 heteroatoms. The summed E-state index contributed by atoms with van der Waals surface area (Å²) in [7, 11) is 0. The van der Waals surface area contributed by atoms with E-state index in [9.17, 15) is 0 Å². The molecule has 0 aliphatic heterocycles. The first-order valence-corrected chi connectivity index (χ1v) is 14.5. The molecule has 10 aromatic rings. The quantitative estimate of drug-likeness (QED) is 0.201. The molecule has 0 bridgehead atoms. The number of rotatable bonds is 2. The zero-order valence-electron chi connectivity index (χ0n) is 22.9. The first-order chi connectivity index (χ1) is 21.3. The van der Waals surface area contributed by atoms with Crippen LogP contribution in [0, 0.1) is 0 Å². The molecular weight excluding hydrogens is 528 g/mol. The van der Waals surface area contributed by atoms with Crippen molar-refractivity contribution in [1.29, 1.82) is 0 Å². The van der Waals surface area contributed by atoms with Gasteiger partial charge >= 0.3 is 0 Å². The van der Waals surface area contributed by atoms with Gasteiger partial charge in [0.1, 0.15) is 27.9 Å². The first kappa shape index (κ1) is 22.8. The highest BCUT2D eigenvalue weighted by Crippen LogP contribution is 2.49. The molecule has 10 rings (SSSR count). The van der Waals surface area contributed by atoms with Crippen molar-refractivity contribution in [2.45, 2.75) is 0 Å². The van der Waals surface area contributed by atoms with Crippen LogP contribution in [-0.2, 0) is 0 Å². The van der Waals surface area contributed by atoms with E-state index in [1.807, 2.05) is 24.3 Å². The van der Waals surface area contributed by atoms with Crippen molar-refractivity contribution < 1.29 is 13.3 Å². The van der Waals surface area contributed by atoms with Gasteiger partial charge in [-0.2, -0.15) is 0 Å². The van der Waals surface area contributed by atoms with Crippen LogP contribution in [0.1, 0.15) is 0 Å². The molecule has 0 amide bonds. The maximum atomic E-state index is 6.44. The third kappa shape index (κ3) is 3.03. The zero-order valence-corrected chi connectivity index (χ0v) is 22.9. The molecule has 7 aromatic carbocycles. The Morgan fingerprint density at radius 3 is 1.51 bits per heavy atom. The molecule has 0 aliphatic carbocycles. The molecule has 3 heterocycles. The Kier molecular flexibility index (Phi) is 4.45. The summed E-state index contributed by atoms with van der Waals surface area (Å²) >= 11 is 0. The summed E-state index contributed by atoms with van der Waals surface area (Å²) in [5.41, 5.74) is 8.92. The average Bonchev–Trinajstić information content (AvgIpc) is 3.78. The second kappa shape index (κ2) is 8.37. The van der Waals surface area contributed by atoms with E-state index in [-0.39, 0.29) is 0 Å². The predicted molar refractivity (Wildman–Crippen MR) is 177 cm³/mol.